The molecule has 0 aliphatic rings. The number of nitro groups is 1. The predicted octanol–water partition coefficient (Wildman–Crippen LogP) is 2.56. The maximum atomic E-state index is 12.2. The van der Waals surface area contributed by atoms with Crippen molar-refractivity contribution in [3.05, 3.63) is 76.0 Å². The number of hydrogen-bond acceptors (Lipinski definition) is 6. The number of carbonyl (C=O) groups is 1. The monoisotopic (exact) mass is 337 g/mol. The Hall–Kier alpha value is -3.93. The van der Waals surface area contributed by atoms with E-state index in [1.807, 2.05) is 6.07 Å². The van der Waals surface area contributed by atoms with Crippen molar-refractivity contribution in [2.24, 2.45) is 0 Å². The van der Waals surface area contributed by atoms with Crippen LogP contribution in [0.5, 0.6) is 0 Å². The number of rotatable bonds is 5. The largest absolute Gasteiger partial charge is 0.454 e. The van der Waals surface area contributed by atoms with E-state index in [-0.39, 0.29) is 22.7 Å². The van der Waals surface area contributed by atoms with E-state index in [9.17, 15) is 14.9 Å². The highest BCUT2D eigenvalue weighted by Gasteiger charge is 2.16. The molecule has 0 bridgehead atoms. The molecule has 1 amide bonds. The summed E-state index contributed by atoms with van der Waals surface area (Å²) in [5.41, 5.74) is -0.0666. The number of carbonyl (C=O) groups excluding carboxylic acids is 1. The highest BCUT2D eigenvalue weighted by atomic mass is 16.6. The van der Waals surface area contributed by atoms with Crippen LogP contribution in [-0.2, 0) is 6.54 Å². The normalized spacial score (nSPS) is 10.2. The zero-order valence-electron chi connectivity index (χ0n) is 12.7. The van der Waals surface area contributed by atoms with E-state index >= 15 is 0 Å². The number of hydrogen-bond donors (Lipinski definition) is 1. The van der Waals surface area contributed by atoms with Crippen molar-refractivity contribution in [3.63, 3.8) is 0 Å². The molecule has 2 heterocycles. The number of furan rings is 1. The molecule has 0 saturated heterocycles. The fourth-order valence-electron chi connectivity index (χ4n) is 2.17. The Labute approximate surface area is 141 Å². The first-order valence-corrected chi connectivity index (χ1v) is 7.13. The van der Waals surface area contributed by atoms with Crippen LogP contribution in [-0.4, -0.2) is 20.6 Å². The van der Waals surface area contributed by atoms with Crippen LogP contribution in [0.25, 0.3) is 0 Å². The predicted molar refractivity (Wildman–Crippen MR) is 85.8 cm³/mol. The Morgan fingerprint density at radius 2 is 2.24 bits per heavy atom. The Morgan fingerprint density at radius 3 is 2.92 bits per heavy atom. The number of nitrogens with zero attached hydrogens (tertiary/aromatic N) is 4. The topological polar surface area (TPSA) is 127 Å². The molecule has 0 aliphatic carbocycles. The fourth-order valence-corrected chi connectivity index (χ4v) is 2.17. The number of amides is 1. The molecule has 0 fully saturated rings. The molecule has 3 rings (SSSR count). The van der Waals surface area contributed by atoms with E-state index in [1.165, 1.54) is 18.2 Å². The molecule has 124 valence electrons. The van der Waals surface area contributed by atoms with Crippen molar-refractivity contribution in [2.75, 3.05) is 5.32 Å². The van der Waals surface area contributed by atoms with Crippen LogP contribution in [0, 0.1) is 21.4 Å². The number of benzene rings is 1. The molecule has 0 atom stereocenters. The van der Waals surface area contributed by atoms with Crippen molar-refractivity contribution in [3.8, 4) is 6.07 Å². The summed E-state index contributed by atoms with van der Waals surface area (Å²) in [5, 5.41) is 26.4. The maximum Gasteiger partial charge on any atom is 0.291 e. The molecule has 0 saturated carbocycles. The highest BCUT2D eigenvalue weighted by Crippen LogP contribution is 2.22. The van der Waals surface area contributed by atoms with Crippen molar-refractivity contribution < 1.29 is 14.1 Å². The van der Waals surface area contributed by atoms with E-state index in [4.69, 9.17) is 9.68 Å². The highest BCUT2D eigenvalue weighted by molar-refractivity contribution is 6.03. The van der Waals surface area contributed by atoms with Gasteiger partial charge in [-0.15, -0.1) is 0 Å². The number of nitrogens with one attached hydrogen (secondary N) is 1. The van der Waals surface area contributed by atoms with Gasteiger partial charge in [-0.2, -0.15) is 10.4 Å². The summed E-state index contributed by atoms with van der Waals surface area (Å²) < 4.78 is 7.11. The summed E-state index contributed by atoms with van der Waals surface area (Å²) in [4.78, 5) is 22.4. The average molecular weight is 337 g/mol. The van der Waals surface area contributed by atoms with Crippen LogP contribution in [0.4, 0.5) is 11.4 Å². The standard InChI is InChI=1S/C16H11N5O4/c17-9-11-8-12(21(23)24)2-4-14(11)19-16(22)15-5-3-13(25-15)10-20-7-1-6-18-20/h1-8H,10H2,(H,19,22). The molecule has 1 aromatic carbocycles. The molecule has 25 heavy (non-hydrogen) atoms. The summed E-state index contributed by atoms with van der Waals surface area (Å²) in [6.45, 7) is 0.376. The second kappa shape index (κ2) is 6.67. The van der Waals surface area contributed by atoms with Gasteiger partial charge in [0.05, 0.1) is 22.7 Å². The zero-order chi connectivity index (χ0) is 17.8. The van der Waals surface area contributed by atoms with Gasteiger partial charge in [-0.25, -0.2) is 0 Å². The van der Waals surface area contributed by atoms with E-state index in [2.05, 4.69) is 10.4 Å². The fraction of sp³-hybridized carbons (Fsp3) is 0.0625. The van der Waals surface area contributed by atoms with Crippen LogP contribution in [0.1, 0.15) is 21.9 Å². The lowest BCUT2D eigenvalue weighted by Crippen LogP contribution is -2.12. The first-order chi connectivity index (χ1) is 12.1. The smallest absolute Gasteiger partial charge is 0.291 e. The number of non-ortho nitro benzene ring substituents is 1. The van der Waals surface area contributed by atoms with Crippen molar-refractivity contribution in [1.29, 1.82) is 5.26 Å². The molecule has 0 aliphatic heterocycles. The molecule has 9 heteroatoms. The number of aromatic nitrogens is 2. The van der Waals surface area contributed by atoms with Crippen LogP contribution in [0.3, 0.4) is 0 Å². The van der Waals surface area contributed by atoms with Gasteiger partial charge in [-0.3, -0.25) is 19.6 Å². The minimum atomic E-state index is -0.611. The maximum absolute atomic E-state index is 12.2. The molecule has 2 aromatic heterocycles. The SMILES string of the molecule is N#Cc1cc([N+](=O)[O-])ccc1NC(=O)c1ccc(Cn2cccn2)o1. The van der Waals surface area contributed by atoms with Gasteiger partial charge in [0.2, 0.25) is 0 Å². The minimum absolute atomic E-state index is 0.00845. The summed E-state index contributed by atoms with van der Waals surface area (Å²) in [6.07, 6.45) is 3.40. The van der Waals surface area contributed by atoms with E-state index in [0.29, 0.717) is 12.3 Å². The Kier molecular flexibility index (Phi) is 4.26. The Morgan fingerprint density at radius 1 is 1.40 bits per heavy atom. The molecule has 1 N–H and O–H groups in total. The van der Waals surface area contributed by atoms with E-state index in [1.54, 1.807) is 29.2 Å². The molecular weight excluding hydrogens is 326 g/mol. The zero-order valence-corrected chi connectivity index (χ0v) is 12.7. The third-order valence-electron chi connectivity index (χ3n) is 3.35. The van der Waals surface area contributed by atoms with Gasteiger partial charge in [0.15, 0.2) is 5.76 Å². The van der Waals surface area contributed by atoms with Crippen molar-refractivity contribution >= 4 is 17.3 Å². The summed E-state index contributed by atoms with van der Waals surface area (Å²) in [5.74, 6) is 0.0412. The van der Waals surface area contributed by atoms with Crippen LogP contribution in [0.2, 0.25) is 0 Å². The van der Waals surface area contributed by atoms with Crippen molar-refractivity contribution in [1.82, 2.24) is 9.78 Å². The molecule has 0 radical (unpaired) electrons. The molecule has 0 unspecified atom stereocenters. The number of anilines is 1. The molecule has 3 aromatic rings. The molecular formula is C16H11N5O4. The van der Waals surface area contributed by atoms with Crippen LogP contribution >= 0.6 is 0 Å². The number of nitriles is 1. The number of nitro benzene ring substituents is 1. The summed E-state index contributed by atoms with van der Waals surface area (Å²) in [7, 11) is 0. The lowest BCUT2D eigenvalue weighted by molar-refractivity contribution is -0.384. The van der Waals surface area contributed by atoms with Crippen LogP contribution in [0.15, 0.2) is 53.2 Å². The average Bonchev–Trinajstić information content (AvgIpc) is 3.27. The lowest BCUT2D eigenvalue weighted by atomic mass is 10.1. The van der Waals surface area contributed by atoms with Gasteiger partial charge in [-0.05, 0) is 24.3 Å². The minimum Gasteiger partial charge on any atom is -0.454 e. The molecule has 9 nitrogen and oxygen atoms in total. The third kappa shape index (κ3) is 3.53. The lowest BCUT2D eigenvalue weighted by Gasteiger charge is -2.05. The van der Waals surface area contributed by atoms with Gasteiger partial charge in [0, 0.05) is 24.5 Å². The van der Waals surface area contributed by atoms with Gasteiger partial charge in [0.1, 0.15) is 11.8 Å². The van der Waals surface area contributed by atoms with Crippen molar-refractivity contribution in [2.45, 2.75) is 6.54 Å². The van der Waals surface area contributed by atoms with Gasteiger partial charge in [-0.1, -0.05) is 0 Å². The van der Waals surface area contributed by atoms with Gasteiger partial charge in [0.25, 0.3) is 11.6 Å². The van der Waals surface area contributed by atoms with E-state index < -0.39 is 10.8 Å². The van der Waals surface area contributed by atoms with Gasteiger partial charge >= 0.3 is 0 Å². The first kappa shape index (κ1) is 15.9. The summed E-state index contributed by atoms with van der Waals surface area (Å²) in [6, 6.07) is 10.4. The first-order valence-electron chi connectivity index (χ1n) is 7.13. The Bertz CT molecular complexity index is 969. The van der Waals surface area contributed by atoms with Crippen LogP contribution < -0.4 is 5.32 Å². The second-order valence-electron chi connectivity index (χ2n) is 5.02. The third-order valence-corrected chi connectivity index (χ3v) is 3.35. The Balaban J connectivity index is 1.75. The molecule has 0 spiro atoms. The van der Waals surface area contributed by atoms with E-state index in [0.717, 1.165) is 6.07 Å². The quantitative estimate of drug-likeness (QED) is 0.563. The second-order valence-corrected chi connectivity index (χ2v) is 5.02. The van der Waals surface area contributed by atoms with Gasteiger partial charge < -0.3 is 9.73 Å². The summed E-state index contributed by atoms with van der Waals surface area (Å²) >= 11 is 0.